The van der Waals surface area contributed by atoms with Crippen molar-refractivity contribution in [3.8, 4) is 0 Å². The van der Waals surface area contributed by atoms with Gasteiger partial charge in [-0.05, 0) is 18.6 Å². The van der Waals surface area contributed by atoms with Gasteiger partial charge in [-0.3, -0.25) is 10.2 Å². The molecule has 1 aromatic carbocycles. The van der Waals surface area contributed by atoms with Crippen LogP contribution in [0.25, 0.3) is 0 Å². The number of benzene rings is 1. The zero-order chi connectivity index (χ0) is 12.7. The number of nitrogens with zero attached hydrogens (tertiary/aromatic N) is 3. The van der Waals surface area contributed by atoms with Gasteiger partial charge in [0.1, 0.15) is 11.9 Å². The standard InChI is InChI=1S/C13H14N4O/c1-9-8-11-12(18)15-16(2)13(17(11)14-9)10-6-4-3-5-7-10/h3-8,13H,1-2H3,(H,15,18). The van der Waals surface area contributed by atoms with E-state index >= 15 is 0 Å². The Labute approximate surface area is 105 Å². The van der Waals surface area contributed by atoms with Crippen molar-refractivity contribution in [1.82, 2.24) is 20.2 Å². The minimum Gasteiger partial charge on any atom is -0.281 e. The van der Waals surface area contributed by atoms with E-state index < -0.39 is 0 Å². The molecule has 5 nitrogen and oxygen atoms in total. The lowest BCUT2D eigenvalue weighted by molar-refractivity contribution is 0.0577. The largest absolute Gasteiger partial charge is 0.284 e. The fourth-order valence-electron chi connectivity index (χ4n) is 2.31. The molecule has 1 aromatic heterocycles. The van der Waals surface area contributed by atoms with E-state index in [1.807, 2.05) is 44.3 Å². The summed E-state index contributed by atoms with van der Waals surface area (Å²) in [4.78, 5) is 11.9. The lowest BCUT2D eigenvalue weighted by atomic mass is 10.1. The highest BCUT2D eigenvalue weighted by atomic mass is 16.2. The summed E-state index contributed by atoms with van der Waals surface area (Å²) in [5.41, 5.74) is 5.36. The van der Waals surface area contributed by atoms with Gasteiger partial charge in [-0.2, -0.15) is 10.1 Å². The van der Waals surface area contributed by atoms with Crippen molar-refractivity contribution >= 4 is 5.91 Å². The Morgan fingerprint density at radius 3 is 2.72 bits per heavy atom. The summed E-state index contributed by atoms with van der Waals surface area (Å²) in [6, 6.07) is 11.8. The van der Waals surface area contributed by atoms with Gasteiger partial charge in [0.15, 0.2) is 0 Å². The molecule has 0 bridgehead atoms. The third-order valence-electron chi connectivity index (χ3n) is 3.06. The first-order valence-electron chi connectivity index (χ1n) is 5.82. The number of hydrogen-bond acceptors (Lipinski definition) is 3. The molecule has 1 unspecified atom stereocenters. The van der Waals surface area contributed by atoms with Gasteiger partial charge in [0, 0.05) is 7.05 Å². The van der Waals surface area contributed by atoms with E-state index in [0.29, 0.717) is 5.69 Å². The highest BCUT2D eigenvalue weighted by Crippen LogP contribution is 2.25. The Hall–Kier alpha value is -2.14. The van der Waals surface area contributed by atoms with Crippen LogP contribution in [0.3, 0.4) is 0 Å². The molecule has 92 valence electrons. The van der Waals surface area contributed by atoms with Crippen LogP contribution in [-0.2, 0) is 0 Å². The van der Waals surface area contributed by atoms with Crippen LogP contribution in [0.4, 0.5) is 0 Å². The van der Waals surface area contributed by atoms with E-state index in [0.717, 1.165) is 11.3 Å². The first-order chi connectivity index (χ1) is 8.66. The van der Waals surface area contributed by atoms with Crippen LogP contribution in [0.15, 0.2) is 36.4 Å². The molecule has 1 N–H and O–H groups in total. The second-order valence-corrected chi connectivity index (χ2v) is 4.45. The molecule has 0 saturated carbocycles. The zero-order valence-corrected chi connectivity index (χ0v) is 10.3. The molecule has 2 heterocycles. The minimum absolute atomic E-state index is 0.104. The number of amides is 1. The average molecular weight is 242 g/mol. The number of carbonyl (C=O) groups excluding carboxylic acids is 1. The number of carbonyl (C=O) groups is 1. The molecule has 1 aliphatic heterocycles. The van der Waals surface area contributed by atoms with Crippen molar-refractivity contribution in [3.05, 3.63) is 53.3 Å². The van der Waals surface area contributed by atoms with E-state index in [1.54, 1.807) is 15.8 Å². The maximum Gasteiger partial charge on any atom is 0.284 e. The molecule has 0 radical (unpaired) electrons. The van der Waals surface area contributed by atoms with Crippen LogP contribution in [0, 0.1) is 6.92 Å². The predicted molar refractivity (Wildman–Crippen MR) is 66.8 cm³/mol. The Morgan fingerprint density at radius 1 is 1.28 bits per heavy atom. The number of nitrogens with one attached hydrogen (secondary N) is 1. The number of aryl methyl sites for hydroxylation is 1. The van der Waals surface area contributed by atoms with Crippen LogP contribution in [0.2, 0.25) is 0 Å². The first-order valence-corrected chi connectivity index (χ1v) is 5.82. The normalized spacial score (nSPS) is 19.4. The minimum atomic E-state index is -0.120. The summed E-state index contributed by atoms with van der Waals surface area (Å²) < 4.78 is 1.77. The van der Waals surface area contributed by atoms with E-state index in [4.69, 9.17) is 0 Å². The van der Waals surface area contributed by atoms with Gasteiger partial charge in [0.05, 0.1) is 5.69 Å². The summed E-state index contributed by atoms with van der Waals surface area (Å²) in [5.74, 6) is -0.120. The van der Waals surface area contributed by atoms with Crippen molar-refractivity contribution in [2.24, 2.45) is 0 Å². The number of rotatable bonds is 1. The molecule has 5 heteroatoms. The lowest BCUT2D eigenvalue weighted by Gasteiger charge is -2.33. The van der Waals surface area contributed by atoms with Crippen LogP contribution in [0.1, 0.15) is 27.9 Å². The fraction of sp³-hybridized carbons (Fsp3) is 0.231. The van der Waals surface area contributed by atoms with Crippen molar-refractivity contribution in [1.29, 1.82) is 0 Å². The quantitative estimate of drug-likeness (QED) is 0.820. The summed E-state index contributed by atoms with van der Waals surface area (Å²) >= 11 is 0. The molecule has 0 fully saturated rings. The summed E-state index contributed by atoms with van der Waals surface area (Å²) in [6.07, 6.45) is -0.104. The summed E-state index contributed by atoms with van der Waals surface area (Å²) in [6.45, 7) is 1.89. The van der Waals surface area contributed by atoms with Gasteiger partial charge >= 0.3 is 0 Å². The van der Waals surface area contributed by atoms with E-state index in [2.05, 4.69) is 10.5 Å². The molecular weight excluding hydrogens is 228 g/mol. The van der Waals surface area contributed by atoms with Crippen LogP contribution in [-0.4, -0.2) is 27.7 Å². The number of hydrazine groups is 1. The fourth-order valence-corrected chi connectivity index (χ4v) is 2.31. The SMILES string of the molecule is Cc1cc2n(n1)C(c1ccccc1)N(C)NC2=O. The van der Waals surface area contributed by atoms with Gasteiger partial charge < -0.3 is 0 Å². The number of fused-ring (bicyclic) bond motifs is 1. The summed E-state index contributed by atoms with van der Waals surface area (Å²) in [7, 11) is 1.84. The highest BCUT2D eigenvalue weighted by molar-refractivity contribution is 5.93. The van der Waals surface area contributed by atoms with Crippen molar-refractivity contribution in [2.75, 3.05) is 7.05 Å². The third kappa shape index (κ3) is 1.60. The molecule has 0 saturated heterocycles. The van der Waals surface area contributed by atoms with E-state index in [9.17, 15) is 4.79 Å². The second-order valence-electron chi connectivity index (χ2n) is 4.45. The van der Waals surface area contributed by atoms with Gasteiger partial charge in [-0.25, -0.2) is 4.68 Å². The monoisotopic (exact) mass is 242 g/mol. The number of hydrogen-bond donors (Lipinski definition) is 1. The Balaban J connectivity index is 2.15. The number of aromatic nitrogens is 2. The van der Waals surface area contributed by atoms with E-state index in [1.165, 1.54) is 0 Å². The van der Waals surface area contributed by atoms with Gasteiger partial charge in [-0.1, -0.05) is 30.3 Å². The third-order valence-corrected chi connectivity index (χ3v) is 3.06. The lowest BCUT2D eigenvalue weighted by Crippen LogP contribution is -2.50. The van der Waals surface area contributed by atoms with Crippen molar-refractivity contribution in [3.63, 3.8) is 0 Å². The molecule has 0 spiro atoms. The average Bonchev–Trinajstić information content (AvgIpc) is 2.72. The van der Waals surface area contributed by atoms with Gasteiger partial charge in [-0.15, -0.1) is 0 Å². The van der Waals surface area contributed by atoms with Crippen molar-refractivity contribution in [2.45, 2.75) is 13.1 Å². The molecule has 1 aliphatic rings. The predicted octanol–water partition coefficient (Wildman–Crippen LogP) is 1.33. The van der Waals surface area contributed by atoms with Crippen LogP contribution in [0.5, 0.6) is 0 Å². The second kappa shape index (κ2) is 3.96. The maximum absolute atomic E-state index is 11.9. The molecular formula is C13H14N4O. The smallest absolute Gasteiger partial charge is 0.281 e. The molecule has 1 amide bonds. The molecule has 18 heavy (non-hydrogen) atoms. The van der Waals surface area contributed by atoms with Gasteiger partial charge in [0.2, 0.25) is 0 Å². The highest BCUT2D eigenvalue weighted by Gasteiger charge is 2.31. The topological polar surface area (TPSA) is 50.2 Å². The Morgan fingerprint density at radius 2 is 2.00 bits per heavy atom. The Kier molecular flexibility index (Phi) is 2.41. The van der Waals surface area contributed by atoms with Crippen LogP contribution >= 0.6 is 0 Å². The van der Waals surface area contributed by atoms with E-state index in [-0.39, 0.29) is 12.1 Å². The van der Waals surface area contributed by atoms with Crippen LogP contribution < -0.4 is 5.43 Å². The molecule has 3 rings (SSSR count). The Bertz CT molecular complexity index is 590. The first kappa shape index (κ1) is 11.0. The molecule has 2 aromatic rings. The summed E-state index contributed by atoms with van der Waals surface area (Å²) in [5, 5.41) is 6.20. The molecule has 0 aliphatic carbocycles. The molecule has 1 atom stereocenters. The van der Waals surface area contributed by atoms with Gasteiger partial charge in [0.25, 0.3) is 5.91 Å². The zero-order valence-electron chi connectivity index (χ0n) is 10.3. The van der Waals surface area contributed by atoms with Crippen molar-refractivity contribution < 1.29 is 4.79 Å². The maximum atomic E-state index is 11.9.